The van der Waals surface area contributed by atoms with Crippen molar-refractivity contribution in [2.24, 2.45) is 0 Å². The van der Waals surface area contributed by atoms with Gasteiger partial charge in [-0.1, -0.05) is 35.9 Å². The fourth-order valence-corrected chi connectivity index (χ4v) is 4.31. The molecule has 0 unspecified atom stereocenters. The van der Waals surface area contributed by atoms with Gasteiger partial charge in [-0.05, 0) is 53.6 Å². The number of hydrogen-bond acceptors (Lipinski definition) is 5. The van der Waals surface area contributed by atoms with Crippen molar-refractivity contribution in [3.8, 4) is 11.5 Å². The molecule has 33 heavy (non-hydrogen) atoms. The minimum Gasteiger partial charge on any atom is -0.493 e. The van der Waals surface area contributed by atoms with E-state index in [9.17, 15) is 13.2 Å². The van der Waals surface area contributed by atoms with Gasteiger partial charge in [0.2, 0.25) is 10.0 Å². The number of sulfonamides is 1. The van der Waals surface area contributed by atoms with E-state index in [1.54, 1.807) is 74.9 Å². The molecule has 0 radical (unpaired) electrons. The van der Waals surface area contributed by atoms with Crippen LogP contribution in [-0.4, -0.2) is 34.8 Å². The molecule has 0 aliphatic carbocycles. The first kappa shape index (κ1) is 24.4. The molecule has 3 aromatic rings. The number of benzene rings is 3. The summed E-state index contributed by atoms with van der Waals surface area (Å²) in [6, 6.07) is 18.8. The average molecular weight is 489 g/mol. The first-order valence-corrected chi connectivity index (χ1v) is 12.3. The highest BCUT2D eigenvalue weighted by molar-refractivity contribution is 7.92. The number of nitrogens with one attached hydrogen (secondary N) is 1. The van der Waals surface area contributed by atoms with Gasteiger partial charge in [-0.3, -0.25) is 9.10 Å². The molecule has 7 nitrogen and oxygen atoms in total. The summed E-state index contributed by atoms with van der Waals surface area (Å²) in [6.45, 7) is 0.381. The largest absolute Gasteiger partial charge is 0.493 e. The van der Waals surface area contributed by atoms with Crippen LogP contribution in [0.5, 0.6) is 11.5 Å². The number of methoxy groups -OCH3 is 2. The van der Waals surface area contributed by atoms with Crippen molar-refractivity contribution in [3.05, 3.63) is 88.4 Å². The number of amides is 1. The van der Waals surface area contributed by atoms with Crippen molar-refractivity contribution < 1.29 is 22.7 Å². The molecule has 0 saturated carbocycles. The minimum absolute atomic E-state index is 0.0867. The standard InChI is InChI=1S/C24H25ClN2O5S/c1-31-22-13-8-17(14-23(22)32-2)15-26-24(28)18-9-11-20(12-10-18)27(33(3,29)30)16-19-6-4-5-7-21(19)25/h4-14H,15-16H2,1-3H3,(H,26,28). The van der Waals surface area contributed by atoms with E-state index in [1.807, 2.05) is 6.07 Å². The molecule has 9 heteroatoms. The molecular formula is C24H25ClN2O5S. The Kier molecular flexibility index (Phi) is 7.84. The molecule has 0 atom stereocenters. The number of nitrogens with zero attached hydrogens (tertiary/aromatic N) is 1. The lowest BCUT2D eigenvalue weighted by molar-refractivity contribution is 0.0951. The van der Waals surface area contributed by atoms with Crippen LogP contribution in [0.3, 0.4) is 0 Å². The summed E-state index contributed by atoms with van der Waals surface area (Å²) in [5.41, 5.74) is 2.38. The molecule has 1 amide bonds. The quantitative estimate of drug-likeness (QED) is 0.486. The van der Waals surface area contributed by atoms with Gasteiger partial charge in [-0.15, -0.1) is 0 Å². The van der Waals surface area contributed by atoms with E-state index in [0.29, 0.717) is 39.9 Å². The van der Waals surface area contributed by atoms with Crippen LogP contribution in [0.25, 0.3) is 0 Å². The molecule has 174 valence electrons. The molecule has 3 aromatic carbocycles. The van der Waals surface area contributed by atoms with Crippen LogP contribution in [0, 0.1) is 0 Å². The van der Waals surface area contributed by atoms with Crippen molar-refractivity contribution in [1.82, 2.24) is 5.32 Å². The predicted octanol–water partition coefficient (Wildman–Crippen LogP) is 4.25. The summed E-state index contributed by atoms with van der Waals surface area (Å²) in [7, 11) is -0.466. The normalized spacial score (nSPS) is 11.0. The second-order valence-electron chi connectivity index (χ2n) is 7.28. The maximum Gasteiger partial charge on any atom is 0.251 e. The Labute approximate surface area is 198 Å². The first-order valence-electron chi connectivity index (χ1n) is 10.0. The lowest BCUT2D eigenvalue weighted by atomic mass is 10.1. The van der Waals surface area contributed by atoms with Crippen LogP contribution in [0.2, 0.25) is 5.02 Å². The monoisotopic (exact) mass is 488 g/mol. The minimum atomic E-state index is -3.57. The number of halogens is 1. The van der Waals surface area contributed by atoms with Crippen LogP contribution in [-0.2, 0) is 23.1 Å². The lowest BCUT2D eigenvalue weighted by Crippen LogP contribution is -2.29. The molecule has 0 heterocycles. The van der Waals surface area contributed by atoms with E-state index in [0.717, 1.165) is 11.8 Å². The summed E-state index contributed by atoms with van der Waals surface area (Å²) < 4.78 is 36.6. The van der Waals surface area contributed by atoms with Crippen LogP contribution in [0.1, 0.15) is 21.5 Å². The Morgan fingerprint density at radius 2 is 1.64 bits per heavy atom. The van der Waals surface area contributed by atoms with Gasteiger partial charge < -0.3 is 14.8 Å². The van der Waals surface area contributed by atoms with Crippen LogP contribution in [0.4, 0.5) is 5.69 Å². The fourth-order valence-electron chi connectivity index (χ4n) is 3.24. The topological polar surface area (TPSA) is 84.9 Å². The number of ether oxygens (including phenoxy) is 2. The Morgan fingerprint density at radius 3 is 2.24 bits per heavy atom. The van der Waals surface area contributed by atoms with Crippen molar-refractivity contribution in [3.63, 3.8) is 0 Å². The zero-order chi connectivity index (χ0) is 24.0. The molecule has 0 aliphatic rings. The van der Waals surface area contributed by atoms with Gasteiger partial charge in [0.05, 0.1) is 32.7 Å². The first-order chi connectivity index (χ1) is 15.7. The van der Waals surface area contributed by atoms with Gasteiger partial charge in [-0.25, -0.2) is 8.42 Å². The van der Waals surface area contributed by atoms with E-state index >= 15 is 0 Å². The molecule has 0 aliphatic heterocycles. The van der Waals surface area contributed by atoms with Crippen molar-refractivity contribution in [2.45, 2.75) is 13.1 Å². The highest BCUT2D eigenvalue weighted by Crippen LogP contribution is 2.28. The number of hydrogen-bond donors (Lipinski definition) is 1. The average Bonchev–Trinajstić information content (AvgIpc) is 2.81. The van der Waals surface area contributed by atoms with E-state index in [-0.39, 0.29) is 12.5 Å². The van der Waals surface area contributed by atoms with E-state index < -0.39 is 10.0 Å². The third-order valence-corrected chi connectivity index (χ3v) is 6.50. The van der Waals surface area contributed by atoms with Gasteiger partial charge in [-0.2, -0.15) is 0 Å². The molecule has 0 bridgehead atoms. The van der Waals surface area contributed by atoms with E-state index in [4.69, 9.17) is 21.1 Å². The molecular weight excluding hydrogens is 464 g/mol. The third-order valence-electron chi connectivity index (χ3n) is 4.99. The summed E-state index contributed by atoms with van der Waals surface area (Å²) >= 11 is 6.20. The van der Waals surface area contributed by atoms with Crippen LogP contribution in [0.15, 0.2) is 66.7 Å². The van der Waals surface area contributed by atoms with Gasteiger partial charge in [0.15, 0.2) is 11.5 Å². The third kappa shape index (κ3) is 6.18. The maximum absolute atomic E-state index is 12.6. The lowest BCUT2D eigenvalue weighted by Gasteiger charge is -2.23. The van der Waals surface area contributed by atoms with Gasteiger partial charge >= 0.3 is 0 Å². The number of carbonyl (C=O) groups is 1. The highest BCUT2D eigenvalue weighted by Gasteiger charge is 2.19. The molecule has 3 rings (SSSR count). The SMILES string of the molecule is COc1ccc(CNC(=O)c2ccc(N(Cc3ccccc3Cl)S(C)(=O)=O)cc2)cc1OC. The zero-order valence-electron chi connectivity index (χ0n) is 18.5. The summed E-state index contributed by atoms with van der Waals surface area (Å²) in [4.78, 5) is 12.6. The van der Waals surface area contributed by atoms with Gasteiger partial charge in [0.25, 0.3) is 5.91 Å². The number of carbonyl (C=O) groups excluding carboxylic acids is 1. The second kappa shape index (κ2) is 10.6. The summed E-state index contributed by atoms with van der Waals surface area (Å²) in [5, 5.41) is 3.33. The second-order valence-corrected chi connectivity index (χ2v) is 9.59. The molecule has 1 N–H and O–H groups in total. The predicted molar refractivity (Wildman–Crippen MR) is 130 cm³/mol. The van der Waals surface area contributed by atoms with E-state index in [1.165, 1.54) is 4.31 Å². The Morgan fingerprint density at radius 1 is 0.970 bits per heavy atom. The molecule has 0 saturated heterocycles. The van der Waals surface area contributed by atoms with Gasteiger partial charge in [0, 0.05) is 17.1 Å². The fraction of sp³-hybridized carbons (Fsp3) is 0.208. The van der Waals surface area contributed by atoms with E-state index in [2.05, 4.69) is 5.32 Å². The molecule has 0 spiro atoms. The van der Waals surface area contributed by atoms with Crippen molar-refractivity contribution in [1.29, 1.82) is 0 Å². The molecule has 0 fully saturated rings. The van der Waals surface area contributed by atoms with Crippen molar-refractivity contribution >= 4 is 33.2 Å². The van der Waals surface area contributed by atoms with Crippen molar-refractivity contribution in [2.75, 3.05) is 24.8 Å². The Bertz CT molecular complexity index is 1230. The van der Waals surface area contributed by atoms with Crippen LogP contribution < -0.4 is 19.1 Å². The highest BCUT2D eigenvalue weighted by atomic mass is 35.5. The molecule has 0 aromatic heterocycles. The smallest absolute Gasteiger partial charge is 0.251 e. The maximum atomic E-state index is 12.6. The zero-order valence-corrected chi connectivity index (χ0v) is 20.1. The Hall–Kier alpha value is -3.23. The number of anilines is 1. The summed E-state index contributed by atoms with van der Waals surface area (Å²) in [6.07, 6.45) is 1.13. The van der Waals surface area contributed by atoms with Crippen LogP contribution >= 0.6 is 11.6 Å². The Balaban J connectivity index is 1.72. The summed E-state index contributed by atoms with van der Waals surface area (Å²) in [5.74, 6) is 0.900. The number of rotatable bonds is 9. The van der Waals surface area contributed by atoms with Gasteiger partial charge in [0.1, 0.15) is 0 Å².